The molecule has 0 aliphatic heterocycles. The van der Waals surface area contributed by atoms with Crippen LogP contribution in [0.4, 0.5) is 0 Å². The fourth-order valence-electron chi connectivity index (χ4n) is 1.72. The summed E-state index contributed by atoms with van der Waals surface area (Å²) in [6.07, 6.45) is 4.71. The van der Waals surface area contributed by atoms with E-state index in [-0.39, 0.29) is 0 Å². The fraction of sp³-hybridized carbons (Fsp3) is 0.308. The molecule has 0 aliphatic carbocycles. The molecule has 3 nitrogen and oxygen atoms in total. The lowest BCUT2D eigenvalue weighted by Gasteiger charge is -2.06. The van der Waals surface area contributed by atoms with Crippen LogP contribution < -0.4 is 4.74 Å². The minimum Gasteiger partial charge on any atom is -0.497 e. The van der Waals surface area contributed by atoms with E-state index < -0.39 is 0 Å². The molecule has 0 spiro atoms. The number of halogens is 1. The second kappa shape index (κ2) is 5.73. The Morgan fingerprint density at radius 1 is 1.29 bits per heavy atom. The summed E-state index contributed by atoms with van der Waals surface area (Å²) in [5.41, 5.74) is 1.28. The molecule has 0 radical (unpaired) electrons. The Kier molecular flexibility index (Phi) is 4.04. The number of rotatable bonds is 5. The molecular weight excluding hydrogens is 236 g/mol. The summed E-state index contributed by atoms with van der Waals surface area (Å²) in [5.74, 6) is 2.26. The number of aromatic nitrogens is 2. The number of aryl methyl sites for hydroxylation is 2. The fourth-order valence-corrected chi connectivity index (χ4v) is 1.94. The van der Waals surface area contributed by atoms with E-state index in [0.29, 0.717) is 5.88 Å². The van der Waals surface area contributed by atoms with Crippen LogP contribution in [0.15, 0.2) is 36.7 Å². The maximum Gasteiger partial charge on any atom is 0.123 e. The number of hydrogen-bond acceptors (Lipinski definition) is 2. The number of alkyl halides is 1. The molecule has 0 unspecified atom stereocenters. The summed E-state index contributed by atoms with van der Waals surface area (Å²) < 4.78 is 7.20. The van der Waals surface area contributed by atoms with E-state index >= 15 is 0 Å². The molecule has 2 aromatic rings. The van der Waals surface area contributed by atoms with E-state index in [0.717, 1.165) is 24.5 Å². The first-order chi connectivity index (χ1) is 8.33. The predicted octanol–water partition coefficient (Wildman–Crippen LogP) is 2.87. The highest BCUT2D eigenvalue weighted by Crippen LogP contribution is 2.12. The molecular formula is C13H15ClN2O. The van der Waals surface area contributed by atoms with Crippen molar-refractivity contribution >= 4 is 11.6 Å². The third kappa shape index (κ3) is 3.01. The smallest absolute Gasteiger partial charge is 0.123 e. The highest BCUT2D eigenvalue weighted by atomic mass is 35.5. The molecule has 1 aromatic carbocycles. The zero-order chi connectivity index (χ0) is 12.1. The third-order valence-corrected chi connectivity index (χ3v) is 2.96. The van der Waals surface area contributed by atoms with E-state index in [1.54, 1.807) is 13.3 Å². The number of ether oxygens (including phenoxy) is 1. The van der Waals surface area contributed by atoms with Gasteiger partial charge in [0.1, 0.15) is 11.6 Å². The van der Waals surface area contributed by atoms with Gasteiger partial charge in [0.25, 0.3) is 0 Å². The van der Waals surface area contributed by atoms with Crippen LogP contribution in [0.5, 0.6) is 5.75 Å². The van der Waals surface area contributed by atoms with Crippen molar-refractivity contribution in [1.29, 1.82) is 0 Å². The van der Waals surface area contributed by atoms with Crippen LogP contribution in [0.25, 0.3) is 0 Å². The molecule has 90 valence electrons. The number of benzene rings is 1. The number of nitrogens with zero attached hydrogens (tertiary/aromatic N) is 2. The van der Waals surface area contributed by atoms with Crippen LogP contribution in [0.1, 0.15) is 11.4 Å². The van der Waals surface area contributed by atoms with Gasteiger partial charge in [0.05, 0.1) is 13.0 Å². The Morgan fingerprint density at radius 3 is 2.71 bits per heavy atom. The summed E-state index contributed by atoms with van der Waals surface area (Å²) >= 11 is 5.79. The SMILES string of the molecule is COc1ccc(CCn2ccnc2CCl)cc1. The van der Waals surface area contributed by atoms with Gasteiger partial charge in [-0.3, -0.25) is 0 Å². The summed E-state index contributed by atoms with van der Waals surface area (Å²) in [6.45, 7) is 0.897. The average molecular weight is 251 g/mol. The number of imidazole rings is 1. The quantitative estimate of drug-likeness (QED) is 0.763. The van der Waals surface area contributed by atoms with Crippen molar-refractivity contribution in [3.05, 3.63) is 48.0 Å². The third-order valence-electron chi connectivity index (χ3n) is 2.72. The molecule has 17 heavy (non-hydrogen) atoms. The molecule has 2 rings (SSSR count). The number of methoxy groups -OCH3 is 1. The van der Waals surface area contributed by atoms with Gasteiger partial charge in [0.2, 0.25) is 0 Å². The molecule has 0 aliphatic rings. The van der Waals surface area contributed by atoms with Gasteiger partial charge in [0, 0.05) is 18.9 Å². The Labute approximate surface area is 106 Å². The van der Waals surface area contributed by atoms with Crippen LogP contribution >= 0.6 is 11.6 Å². The Hall–Kier alpha value is -1.48. The minimum atomic E-state index is 0.454. The summed E-state index contributed by atoms with van der Waals surface area (Å²) in [7, 11) is 1.67. The monoisotopic (exact) mass is 250 g/mol. The van der Waals surface area contributed by atoms with Gasteiger partial charge in [-0.15, -0.1) is 11.6 Å². The zero-order valence-electron chi connectivity index (χ0n) is 9.77. The average Bonchev–Trinajstić information content (AvgIpc) is 2.84. The molecule has 0 saturated carbocycles. The van der Waals surface area contributed by atoms with Gasteiger partial charge in [-0.2, -0.15) is 0 Å². The molecule has 4 heteroatoms. The van der Waals surface area contributed by atoms with E-state index in [2.05, 4.69) is 21.7 Å². The summed E-state index contributed by atoms with van der Waals surface area (Å²) in [5, 5.41) is 0. The van der Waals surface area contributed by atoms with Gasteiger partial charge in [0.15, 0.2) is 0 Å². The Bertz CT molecular complexity index is 465. The van der Waals surface area contributed by atoms with Crippen molar-refractivity contribution in [3.63, 3.8) is 0 Å². The van der Waals surface area contributed by atoms with Gasteiger partial charge in [-0.25, -0.2) is 4.98 Å². The van der Waals surface area contributed by atoms with E-state index in [9.17, 15) is 0 Å². The molecule has 0 amide bonds. The largest absolute Gasteiger partial charge is 0.497 e. The molecule has 0 saturated heterocycles. The highest BCUT2D eigenvalue weighted by Gasteiger charge is 2.01. The molecule has 0 fully saturated rings. The van der Waals surface area contributed by atoms with E-state index in [1.165, 1.54) is 5.56 Å². The van der Waals surface area contributed by atoms with Crippen LogP contribution in [-0.4, -0.2) is 16.7 Å². The highest BCUT2D eigenvalue weighted by molar-refractivity contribution is 6.16. The minimum absolute atomic E-state index is 0.454. The predicted molar refractivity (Wildman–Crippen MR) is 68.5 cm³/mol. The maximum atomic E-state index is 5.79. The van der Waals surface area contributed by atoms with Gasteiger partial charge in [-0.1, -0.05) is 12.1 Å². The normalized spacial score (nSPS) is 10.5. The Morgan fingerprint density at radius 2 is 2.06 bits per heavy atom. The lowest BCUT2D eigenvalue weighted by Crippen LogP contribution is -2.04. The standard InChI is InChI=1S/C13H15ClN2O/c1-17-12-4-2-11(3-5-12)6-8-16-9-7-15-13(16)10-14/h2-5,7,9H,6,8,10H2,1H3. The molecule has 1 heterocycles. The summed E-state index contributed by atoms with van der Waals surface area (Å²) in [4.78, 5) is 4.19. The van der Waals surface area contributed by atoms with Gasteiger partial charge in [-0.05, 0) is 24.1 Å². The first-order valence-corrected chi connectivity index (χ1v) is 6.06. The van der Waals surface area contributed by atoms with Gasteiger partial charge < -0.3 is 9.30 Å². The second-order valence-corrected chi connectivity index (χ2v) is 4.04. The van der Waals surface area contributed by atoms with Crippen molar-refractivity contribution < 1.29 is 4.74 Å². The molecule has 0 N–H and O–H groups in total. The maximum absolute atomic E-state index is 5.79. The Balaban J connectivity index is 1.97. The summed E-state index contributed by atoms with van der Waals surface area (Å²) in [6, 6.07) is 8.11. The van der Waals surface area contributed by atoms with Crippen LogP contribution in [0, 0.1) is 0 Å². The first-order valence-electron chi connectivity index (χ1n) is 5.52. The van der Waals surface area contributed by atoms with E-state index in [1.807, 2.05) is 18.3 Å². The topological polar surface area (TPSA) is 27.1 Å². The van der Waals surface area contributed by atoms with Crippen LogP contribution in [-0.2, 0) is 18.8 Å². The number of hydrogen-bond donors (Lipinski definition) is 0. The molecule has 0 atom stereocenters. The molecule has 1 aromatic heterocycles. The van der Waals surface area contributed by atoms with Crippen LogP contribution in [0.2, 0.25) is 0 Å². The van der Waals surface area contributed by atoms with Crippen molar-refractivity contribution in [2.24, 2.45) is 0 Å². The van der Waals surface area contributed by atoms with Crippen LogP contribution in [0.3, 0.4) is 0 Å². The van der Waals surface area contributed by atoms with Crippen molar-refractivity contribution in [1.82, 2.24) is 9.55 Å². The second-order valence-electron chi connectivity index (χ2n) is 3.77. The van der Waals surface area contributed by atoms with Gasteiger partial charge >= 0.3 is 0 Å². The first kappa shape index (κ1) is 12.0. The van der Waals surface area contributed by atoms with Crippen molar-refractivity contribution in [3.8, 4) is 5.75 Å². The lowest BCUT2D eigenvalue weighted by molar-refractivity contribution is 0.414. The zero-order valence-corrected chi connectivity index (χ0v) is 10.5. The molecule has 0 bridgehead atoms. The lowest BCUT2D eigenvalue weighted by atomic mass is 10.1. The van der Waals surface area contributed by atoms with Crippen molar-refractivity contribution in [2.75, 3.05) is 7.11 Å². The van der Waals surface area contributed by atoms with Crippen molar-refractivity contribution in [2.45, 2.75) is 18.8 Å². The van der Waals surface area contributed by atoms with E-state index in [4.69, 9.17) is 16.3 Å².